The van der Waals surface area contributed by atoms with Crippen molar-refractivity contribution in [1.82, 2.24) is 0 Å². The van der Waals surface area contributed by atoms with Gasteiger partial charge in [-0.15, -0.1) is 0 Å². The highest BCUT2D eigenvalue weighted by Crippen LogP contribution is 2.22. The Morgan fingerprint density at radius 2 is 1.73 bits per heavy atom. The molecule has 26 heavy (non-hydrogen) atoms. The minimum absolute atomic E-state index is 0.0774. The van der Waals surface area contributed by atoms with Gasteiger partial charge in [0.05, 0.1) is 18.9 Å². The minimum atomic E-state index is -0.514. The zero-order valence-electron chi connectivity index (χ0n) is 15.6. The molecule has 0 spiro atoms. The van der Waals surface area contributed by atoms with E-state index < -0.39 is 11.6 Å². The van der Waals surface area contributed by atoms with Crippen LogP contribution in [0.15, 0.2) is 34.9 Å². The predicted octanol–water partition coefficient (Wildman–Crippen LogP) is 3.78. The lowest BCUT2D eigenvalue weighted by molar-refractivity contribution is 0.00693. The molecule has 0 fully saturated rings. The van der Waals surface area contributed by atoms with Crippen LogP contribution in [-0.2, 0) is 22.3 Å². The summed E-state index contributed by atoms with van der Waals surface area (Å²) in [7, 11) is 1.31. The average molecular weight is 359 g/mol. The number of ether oxygens (including phenoxy) is 2. The Hall–Kier alpha value is -2.76. The number of hydrogen-bond acceptors (Lipinski definition) is 6. The van der Waals surface area contributed by atoms with Crippen LogP contribution in [-0.4, -0.2) is 24.6 Å². The van der Waals surface area contributed by atoms with Gasteiger partial charge in [0, 0.05) is 5.56 Å². The smallest absolute Gasteiger partial charge is 0.343 e. The van der Waals surface area contributed by atoms with E-state index in [4.69, 9.17) is 19.6 Å². The van der Waals surface area contributed by atoms with Crippen LogP contribution < -0.4 is 5.73 Å². The third kappa shape index (κ3) is 5.12. The number of furan rings is 1. The lowest BCUT2D eigenvalue weighted by Gasteiger charge is -2.19. The standard InChI is InChI=1S/C20H25NO5/c1-20(2,3)26-18(22)14-10-8-13(9-11-14)6-5-7-15-12-25-17(21)16(15)19(23)24-4/h8-12H,5-7,21H2,1-4H3. The number of rotatable bonds is 6. The first kappa shape index (κ1) is 19.6. The van der Waals surface area contributed by atoms with E-state index in [1.165, 1.54) is 13.4 Å². The van der Waals surface area contributed by atoms with Crippen LogP contribution in [0.3, 0.4) is 0 Å². The number of anilines is 1. The number of aryl methyl sites for hydroxylation is 2. The number of carbonyl (C=O) groups is 2. The first-order valence-electron chi connectivity index (χ1n) is 8.47. The predicted molar refractivity (Wildman–Crippen MR) is 98.1 cm³/mol. The SMILES string of the molecule is COC(=O)c1c(CCCc2ccc(C(=O)OC(C)(C)C)cc2)coc1N. The molecule has 1 aromatic carbocycles. The Morgan fingerprint density at radius 1 is 1.08 bits per heavy atom. The number of methoxy groups -OCH3 is 1. The summed E-state index contributed by atoms with van der Waals surface area (Å²) in [4.78, 5) is 23.8. The molecule has 0 saturated carbocycles. The van der Waals surface area contributed by atoms with Gasteiger partial charge in [-0.05, 0) is 57.7 Å². The quantitative estimate of drug-likeness (QED) is 0.789. The molecule has 6 nitrogen and oxygen atoms in total. The van der Waals surface area contributed by atoms with E-state index in [2.05, 4.69) is 0 Å². The van der Waals surface area contributed by atoms with Gasteiger partial charge in [0.1, 0.15) is 11.2 Å². The fraction of sp³-hybridized carbons (Fsp3) is 0.400. The molecule has 0 atom stereocenters. The van der Waals surface area contributed by atoms with Gasteiger partial charge in [-0.3, -0.25) is 0 Å². The number of esters is 2. The summed E-state index contributed by atoms with van der Waals surface area (Å²) < 4.78 is 15.2. The molecule has 0 amide bonds. The van der Waals surface area contributed by atoms with E-state index >= 15 is 0 Å². The van der Waals surface area contributed by atoms with Crippen LogP contribution in [0.1, 0.15) is 59.0 Å². The maximum atomic E-state index is 12.0. The topological polar surface area (TPSA) is 91.8 Å². The number of nitrogen functional groups attached to an aromatic ring is 1. The zero-order chi connectivity index (χ0) is 19.3. The van der Waals surface area contributed by atoms with Gasteiger partial charge in [-0.2, -0.15) is 0 Å². The summed E-state index contributed by atoms with van der Waals surface area (Å²) in [6, 6.07) is 7.34. The van der Waals surface area contributed by atoms with Crippen molar-refractivity contribution in [3.63, 3.8) is 0 Å². The van der Waals surface area contributed by atoms with Crippen LogP contribution in [0.2, 0.25) is 0 Å². The molecule has 0 saturated heterocycles. The fourth-order valence-electron chi connectivity index (χ4n) is 2.56. The largest absolute Gasteiger partial charge is 0.465 e. The lowest BCUT2D eigenvalue weighted by atomic mass is 10.0. The number of benzene rings is 1. The molecule has 6 heteroatoms. The van der Waals surface area contributed by atoms with Crippen LogP contribution >= 0.6 is 0 Å². The first-order chi connectivity index (χ1) is 12.2. The third-order valence-electron chi connectivity index (χ3n) is 3.79. The molecule has 0 bridgehead atoms. The number of nitrogens with two attached hydrogens (primary N) is 1. The molecule has 0 radical (unpaired) electrons. The van der Waals surface area contributed by atoms with Gasteiger partial charge in [0.15, 0.2) is 0 Å². The second-order valence-electron chi connectivity index (χ2n) is 7.04. The second kappa shape index (κ2) is 8.08. The highest BCUT2D eigenvalue weighted by atomic mass is 16.6. The molecule has 0 aliphatic heterocycles. The molecule has 0 aliphatic carbocycles. The molecular weight excluding hydrogens is 334 g/mol. The fourth-order valence-corrected chi connectivity index (χ4v) is 2.56. The summed E-state index contributed by atoms with van der Waals surface area (Å²) >= 11 is 0. The molecule has 2 aromatic rings. The summed E-state index contributed by atoms with van der Waals surface area (Å²) in [5, 5.41) is 0. The average Bonchev–Trinajstić information content (AvgIpc) is 2.94. The Kier molecular flexibility index (Phi) is 6.08. The number of hydrogen-bond donors (Lipinski definition) is 1. The molecule has 2 rings (SSSR count). The molecule has 0 unspecified atom stereocenters. The van der Waals surface area contributed by atoms with Crippen molar-refractivity contribution in [2.45, 2.75) is 45.6 Å². The van der Waals surface area contributed by atoms with E-state index in [9.17, 15) is 9.59 Å². The van der Waals surface area contributed by atoms with Gasteiger partial charge in [-0.25, -0.2) is 9.59 Å². The first-order valence-corrected chi connectivity index (χ1v) is 8.47. The van der Waals surface area contributed by atoms with E-state index in [-0.39, 0.29) is 11.9 Å². The summed E-state index contributed by atoms with van der Waals surface area (Å²) in [6.45, 7) is 5.51. The Morgan fingerprint density at radius 3 is 2.31 bits per heavy atom. The normalized spacial score (nSPS) is 11.2. The van der Waals surface area contributed by atoms with Crippen LogP contribution in [0.5, 0.6) is 0 Å². The molecule has 2 N–H and O–H groups in total. The number of carbonyl (C=O) groups excluding carboxylic acids is 2. The Balaban J connectivity index is 1.93. The van der Waals surface area contributed by atoms with Crippen molar-refractivity contribution < 1.29 is 23.5 Å². The molecule has 1 aromatic heterocycles. The monoisotopic (exact) mass is 359 g/mol. The highest BCUT2D eigenvalue weighted by Gasteiger charge is 2.20. The Labute approximate surface area is 153 Å². The molecule has 0 aliphatic rings. The van der Waals surface area contributed by atoms with E-state index in [0.717, 1.165) is 24.0 Å². The van der Waals surface area contributed by atoms with Gasteiger partial charge < -0.3 is 19.6 Å². The van der Waals surface area contributed by atoms with Crippen molar-refractivity contribution in [2.24, 2.45) is 0 Å². The minimum Gasteiger partial charge on any atom is -0.465 e. The zero-order valence-corrected chi connectivity index (χ0v) is 15.6. The van der Waals surface area contributed by atoms with Gasteiger partial charge in [-0.1, -0.05) is 12.1 Å². The lowest BCUT2D eigenvalue weighted by Crippen LogP contribution is -2.23. The highest BCUT2D eigenvalue weighted by molar-refractivity contribution is 5.95. The molecule has 1 heterocycles. The van der Waals surface area contributed by atoms with E-state index in [1.807, 2.05) is 32.9 Å². The van der Waals surface area contributed by atoms with E-state index in [0.29, 0.717) is 17.5 Å². The summed E-state index contributed by atoms with van der Waals surface area (Å²) in [5.41, 5.74) is 7.82. The van der Waals surface area contributed by atoms with E-state index in [1.54, 1.807) is 12.1 Å². The van der Waals surface area contributed by atoms with Gasteiger partial charge in [0.2, 0.25) is 5.88 Å². The maximum absolute atomic E-state index is 12.0. The summed E-state index contributed by atoms with van der Waals surface area (Å²) in [6.07, 6.45) is 3.72. The van der Waals surface area contributed by atoms with Crippen LogP contribution in [0.25, 0.3) is 0 Å². The third-order valence-corrected chi connectivity index (χ3v) is 3.79. The van der Waals surface area contributed by atoms with Gasteiger partial charge >= 0.3 is 11.9 Å². The van der Waals surface area contributed by atoms with Crippen LogP contribution in [0.4, 0.5) is 5.88 Å². The van der Waals surface area contributed by atoms with Gasteiger partial charge in [0.25, 0.3) is 0 Å². The summed E-state index contributed by atoms with van der Waals surface area (Å²) in [5.74, 6) is -0.748. The molecule has 140 valence electrons. The maximum Gasteiger partial charge on any atom is 0.343 e. The van der Waals surface area contributed by atoms with Crippen LogP contribution in [0, 0.1) is 0 Å². The molecular formula is C20H25NO5. The van der Waals surface area contributed by atoms with Crippen molar-refractivity contribution >= 4 is 17.8 Å². The van der Waals surface area contributed by atoms with Crippen molar-refractivity contribution in [2.75, 3.05) is 12.8 Å². The van der Waals surface area contributed by atoms with Crippen molar-refractivity contribution in [3.8, 4) is 0 Å². The second-order valence-corrected chi connectivity index (χ2v) is 7.04. The van der Waals surface area contributed by atoms with Crippen molar-refractivity contribution in [3.05, 3.63) is 52.8 Å². The Bertz CT molecular complexity index is 768. The van der Waals surface area contributed by atoms with Crippen molar-refractivity contribution in [1.29, 1.82) is 0 Å².